The van der Waals surface area contributed by atoms with Gasteiger partial charge in [-0.1, -0.05) is 48.5 Å². The first-order valence-corrected chi connectivity index (χ1v) is 12.1. The molecule has 5 aromatic carbocycles. The Balaban J connectivity index is 1.58. The monoisotopic (exact) mass is 490 g/mol. The molecule has 6 heteroatoms. The second kappa shape index (κ2) is 8.44. The molecule has 0 bridgehead atoms. The summed E-state index contributed by atoms with van der Waals surface area (Å²) in [4.78, 5) is 4.18. The van der Waals surface area contributed by atoms with Crippen LogP contribution in [0.3, 0.4) is 0 Å². The maximum absolute atomic E-state index is 10.0. The standard InChI is InChI=1S/C32H18N4O2/c33-19-21-17-27(35-23-9-1-5-13-29(23)37-30-14-6-2-10-24(30)35)28(18-22(21)20-34)36-25-11-3-7-15-31(25)38-32-16-8-4-12-26(32)36/h1-18H. The smallest absolute Gasteiger partial charge is 0.151 e. The molecule has 0 unspecified atom stereocenters. The third kappa shape index (κ3) is 3.19. The molecule has 2 aliphatic heterocycles. The van der Waals surface area contributed by atoms with E-state index in [4.69, 9.17) is 9.47 Å². The minimum Gasteiger partial charge on any atom is -0.453 e. The lowest BCUT2D eigenvalue weighted by atomic mass is 10.0. The average molecular weight is 491 g/mol. The number of nitrogens with zero attached hydrogens (tertiary/aromatic N) is 4. The Hall–Kier alpha value is -5.72. The predicted octanol–water partition coefficient (Wildman–Crippen LogP) is 8.58. The van der Waals surface area contributed by atoms with Crippen molar-refractivity contribution in [2.45, 2.75) is 0 Å². The van der Waals surface area contributed by atoms with Crippen molar-refractivity contribution in [3.05, 3.63) is 120 Å². The Bertz CT molecular complexity index is 1610. The molecule has 2 aliphatic rings. The number of anilines is 6. The van der Waals surface area contributed by atoms with Gasteiger partial charge >= 0.3 is 0 Å². The molecule has 0 saturated carbocycles. The molecule has 0 saturated heterocycles. The van der Waals surface area contributed by atoms with Gasteiger partial charge in [0.25, 0.3) is 0 Å². The molecule has 7 rings (SSSR count). The second-order valence-corrected chi connectivity index (χ2v) is 8.86. The first kappa shape index (κ1) is 21.6. The molecule has 178 valence electrons. The summed E-state index contributed by atoms with van der Waals surface area (Å²) in [6.45, 7) is 0. The van der Waals surface area contributed by atoms with Gasteiger partial charge in [-0.25, -0.2) is 0 Å². The number of benzene rings is 5. The van der Waals surface area contributed by atoms with E-state index in [-0.39, 0.29) is 0 Å². The maximum atomic E-state index is 10.0. The zero-order chi connectivity index (χ0) is 25.6. The molecule has 0 fully saturated rings. The minimum absolute atomic E-state index is 0.294. The normalized spacial score (nSPS) is 12.5. The van der Waals surface area contributed by atoms with Crippen LogP contribution in [-0.2, 0) is 0 Å². The maximum Gasteiger partial charge on any atom is 0.151 e. The highest BCUT2D eigenvalue weighted by Crippen LogP contribution is 2.57. The molecule has 2 heterocycles. The molecule has 6 nitrogen and oxygen atoms in total. The summed E-state index contributed by atoms with van der Waals surface area (Å²) < 4.78 is 12.5. The Morgan fingerprint density at radius 2 is 0.711 bits per heavy atom. The van der Waals surface area contributed by atoms with Crippen LogP contribution in [0, 0.1) is 22.7 Å². The summed E-state index contributed by atoms with van der Waals surface area (Å²) in [5.74, 6) is 2.79. The molecule has 0 aliphatic carbocycles. The zero-order valence-electron chi connectivity index (χ0n) is 20.0. The van der Waals surface area contributed by atoms with Crippen molar-refractivity contribution in [3.8, 4) is 35.1 Å². The molecule has 5 aromatic rings. The molecule has 0 N–H and O–H groups in total. The van der Waals surface area contributed by atoms with Crippen LogP contribution in [0.5, 0.6) is 23.0 Å². The van der Waals surface area contributed by atoms with Gasteiger partial charge in [-0.2, -0.15) is 10.5 Å². The SMILES string of the molecule is N#Cc1cc(N2c3ccccc3Oc3ccccc32)c(N2c3ccccc3Oc3ccccc32)cc1C#N. The van der Waals surface area contributed by atoms with Crippen LogP contribution < -0.4 is 19.3 Å². The number of fused-ring (bicyclic) bond motifs is 4. The van der Waals surface area contributed by atoms with Crippen LogP contribution >= 0.6 is 0 Å². The molecule has 0 spiro atoms. The van der Waals surface area contributed by atoms with Crippen LogP contribution in [0.15, 0.2) is 109 Å². The van der Waals surface area contributed by atoms with Crippen LogP contribution in [0.4, 0.5) is 34.1 Å². The largest absolute Gasteiger partial charge is 0.453 e. The van der Waals surface area contributed by atoms with E-state index in [0.29, 0.717) is 34.1 Å². The minimum atomic E-state index is 0.294. The van der Waals surface area contributed by atoms with Crippen molar-refractivity contribution in [1.29, 1.82) is 10.5 Å². The number of ether oxygens (including phenoxy) is 2. The molecule has 0 amide bonds. The van der Waals surface area contributed by atoms with Gasteiger partial charge < -0.3 is 19.3 Å². The quantitative estimate of drug-likeness (QED) is 0.242. The van der Waals surface area contributed by atoms with Gasteiger partial charge in [0.2, 0.25) is 0 Å². The van der Waals surface area contributed by atoms with Gasteiger partial charge in [0.05, 0.1) is 45.3 Å². The second-order valence-electron chi connectivity index (χ2n) is 8.86. The summed E-state index contributed by atoms with van der Waals surface area (Å²) in [6.07, 6.45) is 0. The lowest BCUT2D eigenvalue weighted by molar-refractivity contribution is 0.476. The summed E-state index contributed by atoms with van der Waals surface area (Å²) in [5, 5.41) is 20.0. The Morgan fingerprint density at radius 3 is 1.00 bits per heavy atom. The van der Waals surface area contributed by atoms with Gasteiger partial charge in [-0.3, -0.25) is 0 Å². The summed E-state index contributed by atoms with van der Waals surface area (Å²) >= 11 is 0. The van der Waals surface area contributed by atoms with Crippen LogP contribution in [0.1, 0.15) is 11.1 Å². The first-order valence-electron chi connectivity index (χ1n) is 12.1. The highest BCUT2D eigenvalue weighted by atomic mass is 16.5. The zero-order valence-corrected chi connectivity index (χ0v) is 20.0. The Kier molecular flexibility index (Phi) is 4.79. The topological polar surface area (TPSA) is 72.5 Å². The summed E-state index contributed by atoms with van der Waals surface area (Å²) in [5.41, 5.74) is 5.37. The van der Waals surface area contributed by atoms with Gasteiger partial charge in [-0.05, 0) is 60.7 Å². The highest BCUT2D eigenvalue weighted by molar-refractivity contribution is 5.98. The van der Waals surface area contributed by atoms with Crippen molar-refractivity contribution in [2.75, 3.05) is 9.80 Å². The highest BCUT2D eigenvalue weighted by Gasteiger charge is 2.33. The van der Waals surface area contributed by atoms with Gasteiger partial charge in [-0.15, -0.1) is 0 Å². The lowest BCUT2D eigenvalue weighted by Crippen LogP contribution is -2.21. The van der Waals surface area contributed by atoms with E-state index >= 15 is 0 Å². The predicted molar refractivity (Wildman–Crippen MR) is 145 cm³/mol. The molecule has 0 aromatic heterocycles. The van der Waals surface area contributed by atoms with E-state index < -0.39 is 0 Å². The Morgan fingerprint density at radius 1 is 0.421 bits per heavy atom. The number of nitriles is 2. The fourth-order valence-corrected chi connectivity index (χ4v) is 5.05. The third-order valence-electron chi connectivity index (χ3n) is 6.70. The van der Waals surface area contributed by atoms with E-state index in [1.807, 2.05) is 97.1 Å². The van der Waals surface area contributed by atoms with E-state index in [0.717, 1.165) is 34.1 Å². The molecular weight excluding hydrogens is 472 g/mol. The number of rotatable bonds is 2. The van der Waals surface area contributed by atoms with E-state index in [9.17, 15) is 10.5 Å². The summed E-state index contributed by atoms with van der Waals surface area (Å²) in [7, 11) is 0. The van der Waals surface area contributed by atoms with Gasteiger partial charge in [0.1, 0.15) is 12.1 Å². The van der Waals surface area contributed by atoms with Crippen molar-refractivity contribution >= 4 is 34.1 Å². The van der Waals surface area contributed by atoms with Crippen molar-refractivity contribution in [3.63, 3.8) is 0 Å². The lowest BCUT2D eigenvalue weighted by Gasteiger charge is -2.38. The van der Waals surface area contributed by atoms with Crippen LogP contribution in [0.25, 0.3) is 0 Å². The molecular formula is C32H18N4O2. The fourth-order valence-electron chi connectivity index (χ4n) is 5.05. The van der Waals surface area contributed by atoms with Gasteiger partial charge in [0.15, 0.2) is 23.0 Å². The van der Waals surface area contributed by atoms with E-state index in [2.05, 4.69) is 21.9 Å². The van der Waals surface area contributed by atoms with E-state index in [1.165, 1.54) is 0 Å². The number of hydrogen-bond donors (Lipinski definition) is 0. The van der Waals surface area contributed by atoms with Crippen molar-refractivity contribution in [2.24, 2.45) is 0 Å². The van der Waals surface area contributed by atoms with Crippen LogP contribution in [-0.4, -0.2) is 0 Å². The molecule has 38 heavy (non-hydrogen) atoms. The van der Waals surface area contributed by atoms with Gasteiger partial charge in [0, 0.05) is 0 Å². The van der Waals surface area contributed by atoms with Crippen LogP contribution in [0.2, 0.25) is 0 Å². The summed E-state index contributed by atoms with van der Waals surface area (Å²) in [6, 6.07) is 39.2. The first-order chi connectivity index (χ1) is 18.8. The average Bonchev–Trinajstić information content (AvgIpc) is 2.98. The van der Waals surface area contributed by atoms with E-state index in [1.54, 1.807) is 12.1 Å². The van der Waals surface area contributed by atoms with Crippen molar-refractivity contribution in [1.82, 2.24) is 0 Å². The van der Waals surface area contributed by atoms with Crippen molar-refractivity contribution < 1.29 is 9.47 Å². The molecule has 0 radical (unpaired) electrons. The third-order valence-corrected chi connectivity index (χ3v) is 6.70. The fraction of sp³-hybridized carbons (Fsp3) is 0. The number of hydrogen-bond acceptors (Lipinski definition) is 6. The number of para-hydroxylation sites is 8. The Labute approximate surface area is 219 Å². The molecule has 0 atom stereocenters.